The van der Waals surface area contributed by atoms with Gasteiger partial charge in [-0.05, 0) is 50.1 Å². The van der Waals surface area contributed by atoms with Crippen molar-refractivity contribution < 1.29 is 4.79 Å². The molecule has 1 rings (SSSR count). The Bertz CT molecular complexity index is 268. The van der Waals surface area contributed by atoms with Crippen molar-refractivity contribution in [3.63, 3.8) is 0 Å². The van der Waals surface area contributed by atoms with Crippen LogP contribution < -0.4 is 16.4 Å². The van der Waals surface area contributed by atoms with Gasteiger partial charge in [0.2, 0.25) is 5.91 Å². The lowest BCUT2D eigenvalue weighted by atomic mass is 9.74. The highest BCUT2D eigenvalue weighted by atomic mass is 16.1. The highest BCUT2D eigenvalue weighted by molar-refractivity contribution is 5.78. The summed E-state index contributed by atoms with van der Waals surface area (Å²) in [7, 11) is 0. The number of hydrogen-bond donors (Lipinski definition) is 3. The summed E-state index contributed by atoms with van der Waals surface area (Å²) in [5.41, 5.74) is 5.42. The summed E-state index contributed by atoms with van der Waals surface area (Å²) >= 11 is 0. The molecular formula is C15H31N3O. The highest BCUT2D eigenvalue weighted by Gasteiger charge is 2.31. The smallest absolute Gasteiger partial charge is 0.234 e. The zero-order valence-corrected chi connectivity index (χ0v) is 12.7. The van der Waals surface area contributed by atoms with E-state index in [2.05, 4.69) is 31.4 Å². The molecule has 1 aliphatic carbocycles. The molecule has 0 radical (unpaired) electrons. The lowest BCUT2D eigenvalue weighted by molar-refractivity contribution is -0.121. The number of nitrogens with two attached hydrogens (primary N) is 1. The maximum atomic E-state index is 11.9. The van der Waals surface area contributed by atoms with E-state index in [9.17, 15) is 4.79 Å². The van der Waals surface area contributed by atoms with E-state index in [1.807, 2.05) is 0 Å². The quantitative estimate of drug-likeness (QED) is 0.614. The van der Waals surface area contributed by atoms with Crippen molar-refractivity contribution in [2.75, 3.05) is 19.6 Å². The molecule has 0 unspecified atom stereocenters. The van der Waals surface area contributed by atoms with Crippen molar-refractivity contribution in [1.29, 1.82) is 0 Å². The molecule has 3 atom stereocenters. The molecule has 4 heteroatoms. The number of nitrogens with one attached hydrogen (secondary N) is 2. The fourth-order valence-electron chi connectivity index (χ4n) is 3.05. The summed E-state index contributed by atoms with van der Waals surface area (Å²) in [4.78, 5) is 11.9. The minimum Gasteiger partial charge on any atom is -0.352 e. The largest absolute Gasteiger partial charge is 0.352 e. The lowest BCUT2D eigenvalue weighted by Gasteiger charge is -2.37. The van der Waals surface area contributed by atoms with E-state index < -0.39 is 0 Å². The Morgan fingerprint density at radius 2 is 2.11 bits per heavy atom. The fraction of sp³-hybridized carbons (Fsp3) is 0.933. The van der Waals surface area contributed by atoms with Gasteiger partial charge < -0.3 is 16.4 Å². The summed E-state index contributed by atoms with van der Waals surface area (Å²) < 4.78 is 0. The topological polar surface area (TPSA) is 67.2 Å². The van der Waals surface area contributed by atoms with E-state index in [4.69, 9.17) is 5.73 Å². The Kier molecular flexibility index (Phi) is 7.39. The van der Waals surface area contributed by atoms with E-state index in [0.29, 0.717) is 31.0 Å². The van der Waals surface area contributed by atoms with E-state index in [1.165, 1.54) is 12.8 Å². The molecule has 19 heavy (non-hydrogen) atoms. The van der Waals surface area contributed by atoms with Crippen molar-refractivity contribution in [2.45, 2.75) is 52.5 Å². The van der Waals surface area contributed by atoms with Gasteiger partial charge in [-0.25, -0.2) is 0 Å². The molecule has 0 aliphatic heterocycles. The Labute approximate surface area is 117 Å². The van der Waals surface area contributed by atoms with Crippen LogP contribution >= 0.6 is 0 Å². The summed E-state index contributed by atoms with van der Waals surface area (Å²) in [5, 5.41) is 6.36. The monoisotopic (exact) mass is 269 g/mol. The average molecular weight is 269 g/mol. The second-order valence-electron chi connectivity index (χ2n) is 6.32. The van der Waals surface area contributed by atoms with Crippen LogP contribution in [0.4, 0.5) is 0 Å². The Balaban J connectivity index is 2.36. The van der Waals surface area contributed by atoms with Gasteiger partial charge in [0.25, 0.3) is 0 Å². The fourth-order valence-corrected chi connectivity index (χ4v) is 3.05. The van der Waals surface area contributed by atoms with Gasteiger partial charge in [-0.15, -0.1) is 0 Å². The molecule has 1 fully saturated rings. The van der Waals surface area contributed by atoms with Gasteiger partial charge in [0.05, 0.1) is 6.54 Å². The van der Waals surface area contributed by atoms with Gasteiger partial charge in [-0.2, -0.15) is 0 Å². The highest BCUT2D eigenvalue weighted by Crippen LogP contribution is 2.33. The number of hydrogen-bond acceptors (Lipinski definition) is 3. The van der Waals surface area contributed by atoms with Crippen molar-refractivity contribution in [2.24, 2.45) is 23.5 Å². The summed E-state index contributed by atoms with van der Waals surface area (Å²) in [6.45, 7) is 8.71. The van der Waals surface area contributed by atoms with Crippen LogP contribution in [-0.4, -0.2) is 31.6 Å². The van der Waals surface area contributed by atoms with Gasteiger partial charge in [0.15, 0.2) is 0 Å². The van der Waals surface area contributed by atoms with Crippen LogP contribution in [-0.2, 0) is 4.79 Å². The third kappa shape index (κ3) is 5.91. The zero-order chi connectivity index (χ0) is 14.3. The Morgan fingerprint density at radius 3 is 2.74 bits per heavy atom. The molecule has 112 valence electrons. The molecule has 0 saturated heterocycles. The van der Waals surface area contributed by atoms with Crippen LogP contribution in [0.5, 0.6) is 0 Å². The summed E-state index contributed by atoms with van der Waals surface area (Å²) in [6.07, 6.45) is 4.58. The standard InChI is InChI=1S/C15H31N3O/c1-11(2)13-6-5-12(3)9-14(13)18-15(19)10-17-8-4-7-16/h11-14,17H,4-10,16H2,1-3H3,(H,18,19)/t12-,13+,14-/m1/s1. The molecule has 0 aromatic heterocycles. The van der Waals surface area contributed by atoms with Gasteiger partial charge in [-0.1, -0.05) is 27.2 Å². The maximum absolute atomic E-state index is 11.9. The normalized spacial score (nSPS) is 27.5. The first-order valence-electron chi connectivity index (χ1n) is 7.74. The van der Waals surface area contributed by atoms with Crippen LogP contribution in [0.1, 0.15) is 46.5 Å². The average Bonchev–Trinajstić information content (AvgIpc) is 2.34. The van der Waals surface area contributed by atoms with Crippen molar-refractivity contribution in [1.82, 2.24) is 10.6 Å². The number of amides is 1. The second-order valence-corrected chi connectivity index (χ2v) is 6.32. The molecule has 1 saturated carbocycles. The zero-order valence-electron chi connectivity index (χ0n) is 12.7. The number of carbonyl (C=O) groups excluding carboxylic acids is 1. The van der Waals surface area contributed by atoms with E-state index >= 15 is 0 Å². The Morgan fingerprint density at radius 1 is 1.37 bits per heavy atom. The number of rotatable bonds is 7. The van der Waals surface area contributed by atoms with Crippen molar-refractivity contribution in [3.05, 3.63) is 0 Å². The van der Waals surface area contributed by atoms with Gasteiger partial charge >= 0.3 is 0 Å². The van der Waals surface area contributed by atoms with Gasteiger partial charge in [-0.3, -0.25) is 4.79 Å². The predicted molar refractivity (Wildman–Crippen MR) is 79.8 cm³/mol. The van der Waals surface area contributed by atoms with Crippen LogP contribution in [0.2, 0.25) is 0 Å². The van der Waals surface area contributed by atoms with Gasteiger partial charge in [0.1, 0.15) is 0 Å². The maximum Gasteiger partial charge on any atom is 0.234 e. The van der Waals surface area contributed by atoms with Crippen molar-refractivity contribution >= 4 is 5.91 Å². The van der Waals surface area contributed by atoms with E-state index in [0.717, 1.165) is 25.3 Å². The van der Waals surface area contributed by atoms with Crippen LogP contribution in [0.3, 0.4) is 0 Å². The van der Waals surface area contributed by atoms with Crippen molar-refractivity contribution in [3.8, 4) is 0 Å². The third-order valence-corrected chi connectivity index (χ3v) is 4.21. The van der Waals surface area contributed by atoms with Crippen LogP contribution in [0, 0.1) is 17.8 Å². The first kappa shape index (κ1) is 16.4. The Hall–Kier alpha value is -0.610. The number of carbonyl (C=O) groups is 1. The minimum atomic E-state index is 0.127. The lowest BCUT2D eigenvalue weighted by Crippen LogP contribution is -2.48. The first-order chi connectivity index (χ1) is 9.04. The molecule has 0 spiro atoms. The van der Waals surface area contributed by atoms with Crippen LogP contribution in [0.25, 0.3) is 0 Å². The molecule has 0 bridgehead atoms. The van der Waals surface area contributed by atoms with Crippen LogP contribution in [0.15, 0.2) is 0 Å². The SMILES string of the molecule is CC(C)[C@@H]1CC[C@@H](C)C[C@H]1NC(=O)CNCCCN. The predicted octanol–water partition coefficient (Wildman–Crippen LogP) is 1.50. The first-order valence-corrected chi connectivity index (χ1v) is 7.74. The third-order valence-electron chi connectivity index (χ3n) is 4.21. The summed E-state index contributed by atoms with van der Waals surface area (Å²) in [6, 6.07) is 0.354. The molecule has 4 N–H and O–H groups in total. The molecule has 0 aromatic carbocycles. The molecule has 0 aromatic rings. The molecule has 4 nitrogen and oxygen atoms in total. The molecular weight excluding hydrogens is 238 g/mol. The second kappa shape index (κ2) is 8.54. The van der Waals surface area contributed by atoms with E-state index in [-0.39, 0.29) is 5.91 Å². The van der Waals surface area contributed by atoms with E-state index in [1.54, 1.807) is 0 Å². The molecule has 0 heterocycles. The van der Waals surface area contributed by atoms with Gasteiger partial charge in [0, 0.05) is 6.04 Å². The molecule has 1 aliphatic rings. The minimum absolute atomic E-state index is 0.127. The summed E-state index contributed by atoms with van der Waals surface area (Å²) in [5.74, 6) is 2.12. The molecule has 1 amide bonds.